The van der Waals surface area contributed by atoms with Crippen LogP contribution in [0.2, 0.25) is 5.02 Å². The maximum absolute atomic E-state index is 11.8. The van der Waals surface area contributed by atoms with Gasteiger partial charge in [0.25, 0.3) is 5.91 Å². The van der Waals surface area contributed by atoms with Crippen molar-refractivity contribution >= 4 is 35.1 Å². The lowest BCUT2D eigenvalue weighted by molar-refractivity contribution is 0.0953. The summed E-state index contributed by atoms with van der Waals surface area (Å²) in [5, 5.41) is 3.15. The van der Waals surface area contributed by atoms with Crippen LogP contribution in [0.3, 0.4) is 0 Å². The van der Waals surface area contributed by atoms with E-state index in [2.05, 4.69) is 22.0 Å². The van der Waals surface area contributed by atoms with Crippen LogP contribution < -0.4 is 16.6 Å². The first kappa shape index (κ1) is 15.1. The van der Waals surface area contributed by atoms with E-state index >= 15 is 0 Å². The highest BCUT2D eigenvalue weighted by molar-refractivity contribution is 7.98. The fourth-order valence-electron chi connectivity index (χ4n) is 1.34. The predicted octanol–water partition coefficient (Wildman–Crippen LogP) is 1.89. The number of thioether (sulfide) groups is 1. The molecule has 1 aromatic rings. The number of nitrogen functional groups attached to an aromatic ring is 1. The molecule has 0 spiro atoms. The van der Waals surface area contributed by atoms with Crippen LogP contribution in [0.1, 0.15) is 23.2 Å². The molecule has 100 valence electrons. The Morgan fingerprint density at radius 3 is 2.94 bits per heavy atom. The zero-order chi connectivity index (χ0) is 13.4. The zero-order valence-electron chi connectivity index (χ0n) is 10.2. The molecule has 0 aliphatic heterocycles. The summed E-state index contributed by atoms with van der Waals surface area (Å²) in [6.07, 6.45) is 5.57. The smallest absolute Gasteiger partial charge is 0.252 e. The molecule has 1 amide bonds. The van der Waals surface area contributed by atoms with Crippen LogP contribution in [0.15, 0.2) is 12.3 Å². The molecule has 0 fully saturated rings. The van der Waals surface area contributed by atoms with Gasteiger partial charge in [-0.2, -0.15) is 11.8 Å². The van der Waals surface area contributed by atoms with Crippen molar-refractivity contribution in [2.24, 2.45) is 5.84 Å². The van der Waals surface area contributed by atoms with E-state index in [9.17, 15) is 4.79 Å². The van der Waals surface area contributed by atoms with Crippen molar-refractivity contribution in [3.05, 3.63) is 22.8 Å². The number of hydrogen-bond acceptors (Lipinski definition) is 5. The summed E-state index contributed by atoms with van der Waals surface area (Å²) in [7, 11) is 0. The number of pyridine rings is 1. The second-order valence-electron chi connectivity index (χ2n) is 3.65. The second-order valence-corrected chi connectivity index (χ2v) is 5.05. The molecule has 0 aliphatic carbocycles. The van der Waals surface area contributed by atoms with Gasteiger partial charge in [-0.3, -0.25) is 4.79 Å². The SMILES string of the molecule is CSCCCCNC(=O)c1cnc(NN)c(Cl)c1. The Labute approximate surface area is 116 Å². The van der Waals surface area contributed by atoms with Gasteiger partial charge >= 0.3 is 0 Å². The molecule has 0 aliphatic rings. The van der Waals surface area contributed by atoms with Crippen LogP contribution in [0.5, 0.6) is 0 Å². The molecular formula is C11H17ClN4OS. The molecule has 4 N–H and O–H groups in total. The van der Waals surface area contributed by atoms with Crippen LogP contribution in [0.25, 0.3) is 0 Å². The third-order valence-corrected chi connectivity index (χ3v) is 3.29. The number of nitrogens with two attached hydrogens (primary N) is 1. The third kappa shape index (κ3) is 4.72. The summed E-state index contributed by atoms with van der Waals surface area (Å²) >= 11 is 7.69. The molecule has 5 nitrogen and oxygen atoms in total. The van der Waals surface area contributed by atoms with E-state index in [0.717, 1.165) is 18.6 Å². The van der Waals surface area contributed by atoms with Crippen LogP contribution in [-0.4, -0.2) is 29.4 Å². The summed E-state index contributed by atoms with van der Waals surface area (Å²) < 4.78 is 0. The van der Waals surface area contributed by atoms with Gasteiger partial charge in [0, 0.05) is 12.7 Å². The minimum atomic E-state index is -0.169. The highest BCUT2D eigenvalue weighted by Crippen LogP contribution is 2.18. The number of hydrogen-bond donors (Lipinski definition) is 3. The summed E-state index contributed by atoms with van der Waals surface area (Å²) in [6, 6.07) is 1.54. The Morgan fingerprint density at radius 2 is 2.33 bits per heavy atom. The van der Waals surface area contributed by atoms with Gasteiger partial charge in [-0.15, -0.1) is 0 Å². The molecule has 0 unspecified atom stereocenters. The van der Waals surface area contributed by atoms with Crippen molar-refractivity contribution in [3.63, 3.8) is 0 Å². The Kier molecular flexibility index (Phi) is 6.85. The van der Waals surface area contributed by atoms with E-state index in [1.165, 1.54) is 6.20 Å². The summed E-state index contributed by atoms with van der Waals surface area (Å²) in [5.74, 6) is 6.50. The van der Waals surface area contributed by atoms with Crippen LogP contribution in [-0.2, 0) is 0 Å². The van der Waals surface area contributed by atoms with Crippen LogP contribution >= 0.6 is 23.4 Å². The van der Waals surface area contributed by atoms with Crippen LogP contribution in [0.4, 0.5) is 5.82 Å². The van der Waals surface area contributed by atoms with Gasteiger partial charge in [0.1, 0.15) is 0 Å². The Hall–Kier alpha value is -0.980. The number of nitrogens with one attached hydrogen (secondary N) is 2. The zero-order valence-corrected chi connectivity index (χ0v) is 11.8. The van der Waals surface area contributed by atoms with Crippen molar-refractivity contribution in [2.75, 3.05) is 24.0 Å². The normalized spacial score (nSPS) is 10.2. The van der Waals surface area contributed by atoms with Crippen LogP contribution in [0, 0.1) is 0 Å². The summed E-state index contributed by atoms with van der Waals surface area (Å²) in [6.45, 7) is 0.661. The maximum atomic E-state index is 11.8. The number of carbonyl (C=O) groups is 1. The molecule has 0 saturated heterocycles. The highest BCUT2D eigenvalue weighted by atomic mass is 35.5. The molecular weight excluding hydrogens is 272 g/mol. The molecule has 0 aromatic carbocycles. The van der Waals surface area contributed by atoms with Crippen molar-refractivity contribution < 1.29 is 4.79 Å². The number of anilines is 1. The molecule has 1 heterocycles. The monoisotopic (exact) mass is 288 g/mol. The third-order valence-electron chi connectivity index (χ3n) is 2.30. The lowest BCUT2D eigenvalue weighted by atomic mass is 10.2. The molecule has 0 saturated carbocycles. The number of hydrazine groups is 1. The largest absolute Gasteiger partial charge is 0.352 e. The number of amides is 1. The number of rotatable bonds is 7. The first-order valence-corrected chi connectivity index (χ1v) is 7.35. The lowest BCUT2D eigenvalue weighted by Gasteiger charge is -2.06. The van der Waals surface area contributed by atoms with Gasteiger partial charge in [-0.25, -0.2) is 10.8 Å². The predicted molar refractivity (Wildman–Crippen MR) is 77.0 cm³/mol. The van der Waals surface area contributed by atoms with Gasteiger partial charge in [0.2, 0.25) is 0 Å². The number of aromatic nitrogens is 1. The van der Waals surface area contributed by atoms with E-state index in [1.54, 1.807) is 17.8 Å². The molecule has 1 rings (SSSR count). The van der Waals surface area contributed by atoms with Gasteiger partial charge in [-0.05, 0) is 30.9 Å². The fourth-order valence-corrected chi connectivity index (χ4v) is 2.06. The number of carbonyl (C=O) groups excluding carboxylic acids is 1. The first-order valence-electron chi connectivity index (χ1n) is 5.58. The Morgan fingerprint density at radius 1 is 1.56 bits per heavy atom. The van der Waals surface area contributed by atoms with Crippen molar-refractivity contribution in [3.8, 4) is 0 Å². The van der Waals surface area contributed by atoms with E-state index in [0.29, 0.717) is 22.9 Å². The lowest BCUT2D eigenvalue weighted by Crippen LogP contribution is -2.24. The standard InChI is InChI=1S/C11H17ClN4OS/c1-18-5-3-2-4-14-11(17)8-6-9(12)10(16-13)15-7-8/h6-7H,2-5,13H2,1H3,(H,14,17)(H,15,16). The fraction of sp³-hybridized carbons (Fsp3) is 0.455. The minimum Gasteiger partial charge on any atom is -0.352 e. The molecule has 0 radical (unpaired) electrons. The van der Waals surface area contributed by atoms with E-state index < -0.39 is 0 Å². The second kappa shape index (κ2) is 8.18. The molecule has 0 atom stereocenters. The molecule has 1 aromatic heterocycles. The van der Waals surface area contributed by atoms with Crippen molar-refractivity contribution in [1.29, 1.82) is 0 Å². The Balaban J connectivity index is 2.44. The number of halogens is 1. The van der Waals surface area contributed by atoms with E-state index in [4.69, 9.17) is 17.4 Å². The van der Waals surface area contributed by atoms with Gasteiger partial charge in [0.15, 0.2) is 5.82 Å². The molecule has 0 bridgehead atoms. The quantitative estimate of drug-likeness (QED) is 0.406. The first-order chi connectivity index (χ1) is 8.69. The molecule has 7 heteroatoms. The molecule has 18 heavy (non-hydrogen) atoms. The van der Waals surface area contributed by atoms with Crippen molar-refractivity contribution in [1.82, 2.24) is 10.3 Å². The highest BCUT2D eigenvalue weighted by Gasteiger charge is 2.08. The average Bonchev–Trinajstić information content (AvgIpc) is 2.38. The summed E-state index contributed by atoms with van der Waals surface area (Å²) in [5.41, 5.74) is 2.78. The van der Waals surface area contributed by atoms with Gasteiger partial charge in [0.05, 0.1) is 10.6 Å². The average molecular weight is 289 g/mol. The van der Waals surface area contributed by atoms with E-state index in [-0.39, 0.29) is 5.91 Å². The van der Waals surface area contributed by atoms with Gasteiger partial charge in [-0.1, -0.05) is 11.6 Å². The van der Waals surface area contributed by atoms with Crippen molar-refractivity contribution in [2.45, 2.75) is 12.8 Å². The van der Waals surface area contributed by atoms with E-state index in [1.807, 2.05) is 0 Å². The number of unbranched alkanes of at least 4 members (excludes halogenated alkanes) is 1. The summed E-state index contributed by atoms with van der Waals surface area (Å²) in [4.78, 5) is 15.7. The Bertz CT molecular complexity index is 403. The topological polar surface area (TPSA) is 80.0 Å². The minimum absolute atomic E-state index is 0.169. The maximum Gasteiger partial charge on any atom is 0.252 e. The number of nitrogens with zero attached hydrogens (tertiary/aromatic N) is 1. The van der Waals surface area contributed by atoms with Gasteiger partial charge < -0.3 is 10.7 Å².